The number of hydrogen-bond donors (Lipinski definition) is 1. The van der Waals surface area contributed by atoms with Crippen LogP contribution >= 0.6 is 58.0 Å². The molecule has 2 unspecified atom stereocenters. The molecule has 9 heteroatoms. The molecule has 0 aliphatic heterocycles. The molecule has 1 fully saturated rings. The fourth-order valence-corrected chi connectivity index (χ4v) is 6.05. The molecular weight excluding hydrogens is 576 g/mol. The molecule has 0 saturated heterocycles. The second kappa shape index (κ2) is 11.4. The molecule has 0 aromatic heterocycles. The highest BCUT2D eigenvalue weighted by Gasteiger charge is 2.67. The van der Waals surface area contributed by atoms with Crippen LogP contribution in [0.1, 0.15) is 46.3 Å². The van der Waals surface area contributed by atoms with E-state index in [1.165, 1.54) is 0 Å². The Bertz CT molecular complexity index is 1340. The van der Waals surface area contributed by atoms with E-state index in [1.807, 2.05) is 18.2 Å². The lowest BCUT2D eigenvalue weighted by molar-refractivity contribution is -0.117. The quantitative estimate of drug-likeness (QED) is 0.198. The molecule has 194 valence electrons. The smallest absolute Gasteiger partial charge is 0.231 e. The number of ketones is 1. The van der Waals surface area contributed by atoms with Gasteiger partial charge in [-0.1, -0.05) is 53.9 Å². The minimum atomic E-state index is -1.31. The lowest BCUT2D eigenvalue weighted by atomic mass is 10.00. The van der Waals surface area contributed by atoms with Gasteiger partial charge in [-0.05, 0) is 72.0 Å². The Balaban J connectivity index is 1.46. The van der Waals surface area contributed by atoms with Crippen LogP contribution in [0, 0.1) is 5.92 Å². The average Bonchev–Trinajstić information content (AvgIpc) is 3.44. The van der Waals surface area contributed by atoms with Gasteiger partial charge in [-0.15, -0.1) is 23.2 Å². The van der Waals surface area contributed by atoms with Gasteiger partial charge in [0, 0.05) is 33.6 Å². The normalized spacial score (nSPS) is 17.8. The number of carbonyl (C=O) groups is 2. The minimum absolute atomic E-state index is 0.148. The molecule has 4 rings (SSSR count). The molecule has 0 spiro atoms. The van der Waals surface area contributed by atoms with Gasteiger partial charge in [-0.2, -0.15) is 0 Å². The number of hydrogen-bond acceptors (Lipinski definition) is 3. The topological polar surface area (TPSA) is 55.4 Å². The van der Waals surface area contributed by atoms with Crippen molar-refractivity contribution in [2.75, 3.05) is 12.4 Å². The van der Waals surface area contributed by atoms with Crippen LogP contribution in [0.4, 0.5) is 5.69 Å². The highest BCUT2D eigenvalue weighted by Crippen LogP contribution is 2.65. The number of benzene rings is 3. The fraction of sp³-hybridized carbons (Fsp3) is 0.286. The van der Waals surface area contributed by atoms with Crippen molar-refractivity contribution in [3.8, 4) is 5.75 Å². The van der Waals surface area contributed by atoms with E-state index in [0.29, 0.717) is 38.3 Å². The first kappa shape index (κ1) is 28.1. The van der Waals surface area contributed by atoms with Gasteiger partial charge >= 0.3 is 0 Å². The van der Waals surface area contributed by atoms with E-state index < -0.39 is 16.2 Å². The Morgan fingerprint density at radius 1 is 0.973 bits per heavy atom. The number of Topliss-reactive ketones (excluding diaryl/α,β-unsaturated/α-hetero) is 1. The maximum atomic E-state index is 13.1. The largest absolute Gasteiger partial charge is 0.496 e. The summed E-state index contributed by atoms with van der Waals surface area (Å²) in [5.41, 5.74) is 3.52. The number of carbonyl (C=O) groups excluding carboxylic acids is 2. The molecule has 1 N–H and O–H groups in total. The number of nitrogens with one attached hydrogen (secondary N) is 1. The van der Waals surface area contributed by atoms with E-state index in [-0.39, 0.29) is 18.1 Å². The maximum Gasteiger partial charge on any atom is 0.231 e. The summed E-state index contributed by atoms with van der Waals surface area (Å²) >= 11 is 31.5. The lowest BCUT2D eigenvalue weighted by Gasteiger charge is -2.11. The molecular formula is C28H24Cl5NO3. The van der Waals surface area contributed by atoms with E-state index in [4.69, 9.17) is 62.7 Å². The maximum absolute atomic E-state index is 13.1. The van der Waals surface area contributed by atoms with Gasteiger partial charge < -0.3 is 10.1 Å². The van der Waals surface area contributed by atoms with Crippen LogP contribution in [-0.4, -0.2) is 23.1 Å². The summed E-state index contributed by atoms with van der Waals surface area (Å²) in [6, 6.07) is 15.7. The van der Waals surface area contributed by atoms with Crippen LogP contribution in [0.3, 0.4) is 0 Å². The van der Waals surface area contributed by atoms with Crippen molar-refractivity contribution in [2.24, 2.45) is 5.92 Å². The van der Waals surface area contributed by atoms with Crippen LogP contribution < -0.4 is 10.1 Å². The molecule has 1 saturated carbocycles. The van der Waals surface area contributed by atoms with E-state index in [9.17, 15) is 9.59 Å². The summed E-state index contributed by atoms with van der Waals surface area (Å²) in [4.78, 5) is 26.1. The summed E-state index contributed by atoms with van der Waals surface area (Å²) in [5, 5.41) is 3.97. The predicted molar refractivity (Wildman–Crippen MR) is 152 cm³/mol. The highest BCUT2D eigenvalue weighted by atomic mass is 35.5. The zero-order chi connectivity index (χ0) is 26.9. The van der Waals surface area contributed by atoms with Gasteiger partial charge in [0.05, 0.1) is 18.1 Å². The molecule has 0 heterocycles. The van der Waals surface area contributed by atoms with Gasteiger partial charge in [0.25, 0.3) is 0 Å². The Hall–Kier alpha value is -1.95. The number of aryl methyl sites for hydroxylation is 2. The van der Waals surface area contributed by atoms with Crippen molar-refractivity contribution >= 4 is 75.4 Å². The van der Waals surface area contributed by atoms with Crippen molar-refractivity contribution in [3.05, 3.63) is 91.9 Å². The first-order chi connectivity index (χ1) is 17.5. The predicted octanol–water partition coefficient (Wildman–Crippen LogP) is 8.56. The van der Waals surface area contributed by atoms with Crippen LogP contribution in [0.2, 0.25) is 15.1 Å². The number of amides is 1. The highest BCUT2D eigenvalue weighted by molar-refractivity contribution is 6.53. The number of halogens is 5. The minimum Gasteiger partial charge on any atom is -0.496 e. The molecule has 3 aromatic carbocycles. The van der Waals surface area contributed by atoms with Gasteiger partial charge in [0.15, 0.2) is 5.78 Å². The van der Waals surface area contributed by atoms with Crippen LogP contribution in [0.5, 0.6) is 5.75 Å². The average molecular weight is 600 g/mol. The zero-order valence-electron chi connectivity index (χ0n) is 20.1. The Kier molecular flexibility index (Phi) is 8.67. The standard InChI is InChI=1S/C28H24Cl5NO3/c1-3-15-4-5-16(24(10-15)37-2)6-9-23(35)21-14-20(7-8-22(21)31)34-27(36)26-25(28(26,32)33)17-11-18(29)13-19(30)12-17/h4-5,7-8,10-14,25-26H,3,6,9H2,1-2H3,(H,34,36). The second-order valence-corrected chi connectivity index (χ2v) is 11.7. The molecule has 0 bridgehead atoms. The number of rotatable bonds is 9. The van der Waals surface area contributed by atoms with E-state index >= 15 is 0 Å². The monoisotopic (exact) mass is 597 g/mol. The number of ether oxygens (including phenoxy) is 1. The zero-order valence-corrected chi connectivity index (χ0v) is 23.9. The molecule has 3 aromatic rings. The van der Waals surface area contributed by atoms with Crippen LogP contribution in [0.15, 0.2) is 54.6 Å². The molecule has 4 nitrogen and oxygen atoms in total. The van der Waals surface area contributed by atoms with Gasteiger partial charge in [-0.3, -0.25) is 9.59 Å². The Morgan fingerprint density at radius 2 is 1.68 bits per heavy atom. The summed E-state index contributed by atoms with van der Waals surface area (Å²) < 4.78 is 4.18. The molecule has 0 radical (unpaired) electrons. The summed E-state index contributed by atoms with van der Waals surface area (Å²) in [6.07, 6.45) is 1.62. The van der Waals surface area contributed by atoms with Crippen molar-refractivity contribution in [1.82, 2.24) is 0 Å². The van der Waals surface area contributed by atoms with Crippen LogP contribution in [-0.2, 0) is 17.6 Å². The molecule has 1 amide bonds. The van der Waals surface area contributed by atoms with Crippen molar-refractivity contribution in [2.45, 2.75) is 36.4 Å². The number of methoxy groups -OCH3 is 1. The third kappa shape index (κ3) is 6.21. The molecule has 2 atom stereocenters. The third-order valence-electron chi connectivity index (χ3n) is 6.50. The van der Waals surface area contributed by atoms with Gasteiger partial charge in [0.1, 0.15) is 10.1 Å². The molecule has 37 heavy (non-hydrogen) atoms. The van der Waals surface area contributed by atoms with Crippen molar-refractivity contribution in [1.29, 1.82) is 0 Å². The first-order valence-electron chi connectivity index (χ1n) is 11.7. The van der Waals surface area contributed by atoms with E-state index in [0.717, 1.165) is 23.3 Å². The first-order valence-corrected chi connectivity index (χ1v) is 13.6. The summed E-state index contributed by atoms with van der Waals surface area (Å²) in [5.74, 6) is -0.977. The van der Waals surface area contributed by atoms with E-state index in [2.05, 4.69) is 12.2 Å². The van der Waals surface area contributed by atoms with E-state index in [1.54, 1.807) is 43.5 Å². The number of alkyl halides is 2. The van der Waals surface area contributed by atoms with Gasteiger partial charge in [0.2, 0.25) is 5.91 Å². The lowest BCUT2D eigenvalue weighted by Crippen LogP contribution is -2.17. The number of anilines is 1. The Morgan fingerprint density at radius 3 is 2.32 bits per heavy atom. The molecule has 1 aliphatic carbocycles. The molecule has 1 aliphatic rings. The second-order valence-electron chi connectivity index (χ2n) is 8.94. The van der Waals surface area contributed by atoms with Crippen molar-refractivity contribution < 1.29 is 14.3 Å². The third-order valence-corrected chi connectivity index (χ3v) is 8.20. The summed E-state index contributed by atoms with van der Waals surface area (Å²) in [7, 11) is 1.62. The fourth-order valence-electron chi connectivity index (χ4n) is 4.46. The summed E-state index contributed by atoms with van der Waals surface area (Å²) in [6.45, 7) is 2.07. The van der Waals surface area contributed by atoms with Crippen molar-refractivity contribution in [3.63, 3.8) is 0 Å². The van der Waals surface area contributed by atoms with Crippen LogP contribution in [0.25, 0.3) is 0 Å². The Labute approximate surface area is 241 Å². The van der Waals surface area contributed by atoms with Gasteiger partial charge in [-0.25, -0.2) is 0 Å². The SMILES string of the molecule is CCc1ccc(CCC(=O)c2cc(NC(=O)C3C(c4cc(Cl)cc(Cl)c4)C3(Cl)Cl)ccc2Cl)c(OC)c1.